The fourth-order valence-electron chi connectivity index (χ4n) is 1.22. The Bertz CT molecular complexity index is 161. The first-order chi connectivity index (χ1) is 4.33. The Hall–Kier alpha value is -0.800. The molecule has 1 saturated carbocycles. The van der Waals surface area contributed by atoms with Crippen LogP contribution in [0.25, 0.3) is 0 Å². The number of fused-ring (bicyclic) bond motifs is 1. The Morgan fingerprint density at radius 2 is 2.67 bits per heavy atom. The van der Waals surface area contributed by atoms with Crippen molar-refractivity contribution in [3.63, 3.8) is 0 Å². The Balaban J connectivity index is 2.10. The van der Waals surface area contributed by atoms with Gasteiger partial charge in [-0.25, -0.2) is 9.18 Å². The largest absolute Gasteiger partial charge is 0.333 e. The molecule has 2 atom stereocenters. The average molecular weight is 130 g/mol. The Morgan fingerprint density at radius 3 is 3.00 bits per heavy atom. The van der Waals surface area contributed by atoms with Gasteiger partial charge in [-0.1, -0.05) is 0 Å². The molecular formula is C5H7FN2O. The first-order valence-corrected chi connectivity index (χ1v) is 2.96. The number of hydrogen-bond acceptors (Lipinski definition) is 1. The number of rotatable bonds is 1. The van der Waals surface area contributed by atoms with Gasteiger partial charge in [0.25, 0.3) is 0 Å². The van der Waals surface area contributed by atoms with E-state index in [4.69, 9.17) is 0 Å². The molecule has 2 aliphatic rings. The summed E-state index contributed by atoms with van der Waals surface area (Å²) in [6.07, 6.45) is 0.926. The molecule has 1 saturated heterocycles. The molecule has 50 valence electrons. The summed E-state index contributed by atoms with van der Waals surface area (Å²) in [5.74, 6) is 0. The Kier molecular flexibility index (Phi) is 0.766. The molecule has 0 aromatic heterocycles. The minimum atomic E-state index is -0.646. The minimum Gasteiger partial charge on any atom is -0.333 e. The van der Waals surface area contributed by atoms with Crippen LogP contribution in [0.4, 0.5) is 9.18 Å². The van der Waals surface area contributed by atoms with Crippen molar-refractivity contribution in [2.75, 3.05) is 6.80 Å². The molecule has 2 amide bonds. The van der Waals surface area contributed by atoms with Gasteiger partial charge in [0.1, 0.15) is 0 Å². The average Bonchev–Trinajstić information content (AvgIpc) is 2.45. The molecular weight excluding hydrogens is 123 g/mol. The number of urea groups is 1. The smallest absolute Gasteiger partial charge is 0.320 e. The third-order valence-corrected chi connectivity index (χ3v) is 1.86. The summed E-state index contributed by atoms with van der Waals surface area (Å²) in [7, 11) is 0. The number of carbonyl (C=O) groups excluding carboxylic acids is 1. The topological polar surface area (TPSA) is 32.3 Å². The first kappa shape index (κ1) is 5.02. The van der Waals surface area contributed by atoms with Crippen LogP contribution in [0.1, 0.15) is 6.42 Å². The molecule has 0 radical (unpaired) electrons. The third-order valence-electron chi connectivity index (χ3n) is 1.86. The van der Waals surface area contributed by atoms with Crippen molar-refractivity contribution in [1.29, 1.82) is 0 Å². The van der Waals surface area contributed by atoms with Crippen molar-refractivity contribution >= 4 is 6.03 Å². The van der Waals surface area contributed by atoms with Crippen molar-refractivity contribution < 1.29 is 9.18 Å². The molecule has 0 spiro atoms. The van der Waals surface area contributed by atoms with E-state index < -0.39 is 6.80 Å². The predicted molar refractivity (Wildman–Crippen MR) is 28.5 cm³/mol. The molecule has 1 aliphatic heterocycles. The lowest BCUT2D eigenvalue weighted by atomic mass is 10.6. The monoisotopic (exact) mass is 130 g/mol. The number of nitrogens with one attached hydrogen (secondary N) is 1. The van der Waals surface area contributed by atoms with Crippen LogP contribution in [0.5, 0.6) is 0 Å². The summed E-state index contributed by atoms with van der Waals surface area (Å²) in [6, 6.07) is 0.175. The molecule has 3 nitrogen and oxygen atoms in total. The van der Waals surface area contributed by atoms with E-state index in [2.05, 4.69) is 5.32 Å². The van der Waals surface area contributed by atoms with E-state index in [9.17, 15) is 9.18 Å². The SMILES string of the molecule is O=C1NC2CC2N1CF. The summed E-state index contributed by atoms with van der Waals surface area (Å²) in [6.45, 7) is -0.646. The quantitative estimate of drug-likeness (QED) is 0.501. The highest BCUT2D eigenvalue weighted by Gasteiger charge is 2.51. The van der Waals surface area contributed by atoms with Crippen LogP contribution in [0.2, 0.25) is 0 Å². The molecule has 2 unspecified atom stereocenters. The van der Waals surface area contributed by atoms with E-state index in [-0.39, 0.29) is 18.1 Å². The van der Waals surface area contributed by atoms with Gasteiger partial charge < -0.3 is 5.32 Å². The number of alkyl halides is 1. The van der Waals surface area contributed by atoms with Gasteiger partial charge in [-0.15, -0.1) is 0 Å². The Labute approximate surface area is 51.8 Å². The molecule has 1 aliphatic carbocycles. The molecule has 0 bridgehead atoms. The normalized spacial score (nSPS) is 38.3. The first-order valence-electron chi connectivity index (χ1n) is 2.96. The summed E-state index contributed by atoms with van der Waals surface area (Å²) in [4.78, 5) is 11.8. The van der Waals surface area contributed by atoms with Crippen LogP contribution in [-0.4, -0.2) is 29.8 Å². The number of amides is 2. The van der Waals surface area contributed by atoms with Gasteiger partial charge in [-0.2, -0.15) is 0 Å². The highest BCUT2D eigenvalue weighted by Crippen LogP contribution is 2.33. The van der Waals surface area contributed by atoms with Crippen LogP contribution in [0, 0.1) is 0 Å². The zero-order chi connectivity index (χ0) is 6.43. The van der Waals surface area contributed by atoms with E-state index in [0.717, 1.165) is 6.42 Å². The van der Waals surface area contributed by atoms with Crippen molar-refractivity contribution in [2.45, 2.75) is 18.5 Å². The summed E-state index contributed by atoms with van der Waals surface area (Å²) in [5.41, 5.74) is 0. The van der Waals surface area contributed by atoms with Gasteiger partial charge in [-0.05, 0) is 6.42 Å². The maximum Gasteiger partial charge on any atom is 0.320 e. The maximum atomic E-state index is 11.9. The Morgan fingerprint density at radius 1 is 1.89 bits per heavy atom. The predicted octanol–water partition coefficient (Wildman–Crippen LogP) is 0.0795. The number of hydrogen-bond donors (Lipinski definition) is 1. The van der Waals surface area contributed by atoms with E-state index in [1.54, 1.807) is 0 Å². The van der Waals surface area contributed by atoms with Crippen LogP contribution in [-0.2, 0) is 0 Å². The molecule has 4 heteroatoms. The second kappa shape index (κ2) is 1.37. The van der Waals surface area contributed by atoms with E-state index in [1.165, 1.54) is 4.90 Å². The van der Waals surface area contributed by atoms with Crippen LogP contribution in [0.15, 0.2) is 0 Å². The molecule has 1 N–H and O–H groups in total. The zero-order valence-electron chi connectivity index (χ0n) is 4.80. The van der Waals surface area contributed by atoms with Gasteiger partial charge in [0, 0.05) is 0 Å². The second-order valence-electron chi connectivity index (χ2n) is 2.45. The van der Waals surface area contributed by atoms with Gasteiger partial charge in [0.15, 0.2) is 6.80 Å². The van der Waals surface area contributed by atoms with Crippen molar-refractivity contribution in [1.82, 2.24) is 10.2 Å². The lowest BCUT2D eigenvalue weighted by Crippen LogP contribution is -2.32. The molecule has 1 heterocycles. The molecule has 9 heavy (non-hydrogen) atoms. The van der Waals surface area contributed by atoms with Crippen molar-refractivity contribution in [3.05, 3.63) is 0 Å². The van der Waals surface area contributed by atoms with E-state index in [0.29, 0.717) is 0 Å². The fraction of sp³-hybridized carbons (Fsp3) is 0.800. The highest BCUT2D eigenvalue weighted by atomic mass is 19.1. The van der Waals surface area contributed by atoms with Gasteiger partial charge in [0.2, 0.25) is 0 Å². The summed E-state index contributed by atoms with van der Waals surface area (Å²) >= 11 is 0. The van der Waals surface area contributed by atoms with E-state index in [1.807, 2.05) is 0 Å². The van der Waals surface area contributed by atoms with Crippen molar-refractivity contribution in [2.24, 2.45) is 0 Å². The van der Waals surface area contributed by atoms with Gasteiger partial charge >= 0.3 is 6.03 Å². The van der Waals surface area contributed by atoms with E-state index >= 15 is 0 Å². The van der Waals surface area contributed by atoms with Crippen LogP contribution in [0.3, 0.4) is 0 Å². The lowest BCUT2D eigenvalue weighted by Gasteiger charge is -2.10. The van der Waals surface area contributed by atoms with Gasteiger partial charge in [-0.3, -0.25) is 4.90 Å². The third kappa shape index (κ3) is 0.528. The number of nitrogens with zero attached hydrogens (tertiary/aromatic N) is 1. The van der Waals surface area contributed by atoms with Crippen LogP contribution < -0.4 is 5.32 Å². The molecule has 0 aromatic rings. The zero-order valence-corrected chi connectivity index (χ0v) is 4.80. The number of carbonyl (C=O) groups is 1. The number of halogens is 1. The highest BCUT2D eigenvalue weighted by molar-refractivity contribution is 5.79. The fourth-order valence-corrected chi connectivity index (χ4v) is 1.22. The van der Waals surface area contributed by atoms with Crippen LogP contribution >= 0.6 is 0 Å². The molecule has 2 fully saturated rings. The second-order valence-corrected chi connectivity index (χ2v) is 2.45. The lowest BCUT2D eigenvalue weighted by molar-refractivity contribution is 0.181. The van der Waals surface area contributed by atoms with Gasteiger partial charge in [0.05, 0.1) is 12.1 Å². The summed E-state index contributed by atoms with van der Waals surface area (Å²) < 4.78 is 11.9. The van der Waals surface area contributed by atoms with Crippen molar-refractivity contribution in [3.8, 4) is 0 Å². The summed E-state index contributed by atoms with van der Waals surface area (Å²) in [5, 5.41) is 2.64. The standard InChI is InChI=1S/C5H7FN2O/c6-2-8-4-1-3(4)7-5(8)9/h3-4H,1-2H2,(H,7,9). The maximum absolute atomic E-state index is 11.9. The minimum absolute atomic E-state index is 0.169. The molecule has 2 rings (SSSR count). The molecule has 0 aromatic carbocycles.